The molecule has 0 radical (unpaired) electrons. The Morgan fingerprint density at radius 3 is 3.04 bits per heavy atom. The van der Waals surface area contributed by atoms with Gasteiger partial charge in [-0.25, -0.2) is 0 Å². The third kappa shape index (κ3) is 3.55. The van der Waals surface area contributed by atoms with Crippen LogP contribution >= 0.6 is 0 Å². The number of fused-ring (bicyclic) bond motifs is 1. The van der Waals surface area contributed by atoms with Gasteiger partial charge in [-0.15, -0.1) is 0 Å². The molecule has 1 aromatic carbocycles. The van der Waals surface area contributed by atoms with Gasteiger partial charge in [-0.2, -0.15) is 0 Å². The van der Waals surface area contributed by atoms with Crippen LogP contribution in [-0.2, 0) is 16.0 Å². The lowest BCUT2D eigenvalue weighted by Gasteiger charge is -2.18. The fourth-order valence-corrected chi connectivity index (χ4v) is 3.23. The van der Waals surface area contributed by atoms with Gasteiger partial charge in [0.25, 0.3) is 5.91 Å². The Hall–Kier alpha value is -2.86. The number of carbonyl (C=O) groups excluding carboxylic acids is 1. The van der Waals surface area contributed by atoms with Crippen molar-refractivity contribution in [3.05, 3.63) is 65.3 Å². The first-order chi connectivity index (χ1) is 12.7. The summed E-state index contributed by atoms with van der Waals surface area (Å²) in [5, 5.41) is 7.00. The van der Waals surface area contributed by atoms with Gasteiger partial charge < -0.3 is 19.3 Å². The van der Waals surface area contributed by atoms with E-state index in [4.69, 9.17) is 14.0 Å². The molecule has 2 aliphatic rings. The minimum atomic E-state index is -0.143. The molecule has 2 atom stereocenters. The molecule has 2 aliphatic heterocycles. The number of carbonyl (C=O) groups is 1. The SMILES string of the molecule is Cc1cc(C[C@@H]2COC[C@@H]2NC(=O)C2=Cc3ccccc3OC=C2)on1. The summed E-state index contributed by atoms with van der Waals surface area (Å²) >= 11 is 0. The molecular formula is C20H20N2O4. The molecule has 6 nitrogen and oxygen atoms in total. The Kier molecular flexibility index (Phi) is 4.58. The Balaban J connectivity index is 1.46. The molecule has 1 N–H and O–H groups in total. The van der Waals surface area contributed by atoms with Gasteiger partial charge in [-0.3, -0.25) is 4.79 Å². The smallest absolute Gasteiger partial charge is 0.251 e. The van der Waals surface area contributed by atoms with Crippen molar-refractivity contribution in [1.29, 1.82) is 0 Å². The number of nitrogens with one attached hydrogen (secondary N) is 1. The first-order valence-corrected chi connectivity index (χ1v) is 8.64. The number of ether oxygens (including phenoxy) is 2. The van der Waals surface area contributed by atoms with E-state index in [0.29, 0.717) is 25.2 Å². The van der Waals surface area contributed by atoms with E-state index in [1.54, 1.807) is 6.08 Å². The topological polar surface area (TPSA) is 73.6 Å². The Bertz CT molecular complexity index is 868. The number of hydrogen-bond acceptors (Lipinski definition) is 5. The lowest BCUT2D eigenvalue weighted by atomic mass is 9.97. The predicted octanol–water partition coefficient (Wildman–Crippen LogP) is 2.65. The first kappa shape index (κ1) is 16.6. The summed E-state index contributed by atoms with van der Waals surface area (Å²) in [6, 6.07) is 9.46. The van der Waals surface area contributed by atoms with Crippen molar-refractivity contribution in [1.82, 2.24) is 10.5 Å². The maximum absolute atomic E-state index is 12.7. The van der Waals surface area contributed by atoms with Crippen LogP contribution in [0.4, 0.5) is 0 Å². The monoisotopic (exact) mass is 352 g/mol. The average molecular weight is 352 g/mol. The first-order valence-electron chi connectivity index (χ1n) is 8.64. The molecule has 3 heterocycles. The van der Waals surface area contributed by atoms with Gasteiger partial charge in [-0.05, 0) is 25.1 Å². The van der Waals surface area contributed by atoms with E-state index >= 15 is 0 Å². The minimum Gasteiger partial charge on any atom is -0.464 e. The van der Waals surface area contributed by atoms with Crippen molar-refractivity contribution in [3.8, 4) is 5.75 Å². The number of aryl methyl sites for hydroxylation is 1. The lowest BCUT2D eigenvalue weighted by Crippen LogP contribution is -2.41. The molecule has 134 valence electrons. The summed E-state index contributed by atoms with van der Waals surface area (Å²) in [5.41, 5.74) is 2.28. The molecule has 0 aliphatic carbocycles. The summed E-state index contributed by atoms with van der Waals surface area (Å²) in [6.07, 6.45) is 5.74. The van der Waals surface area contributed by atoms with E-state index in [2.05, 4.69) is 10.5 Å². The second kappa shape index (κ2) is 7.17. The molecule has 0 bridgehead atoms. The standard InChI is InChI=1S/C20H20N2O4/c1-13-8-17(26-22-13)10-16-11-24-12-18(16)21-20(23)15-6-7-25-19-5-3-2-4-14(19)9-15/h2-9,16,18H,10-12H2,1H3,(H,21,23)/t16-,18+/m1/s1. The number of hydrogen-bond donors (Lipinski definition) is 1. The van der Waals surface area contributed by atoms with Gasteiger partial charge in [0.2, 0.25) is 0 Å². The van der Waals surface area contributed by atoms with E-state index in [0.717, 1.165) is 22.8 Å². The van der Waals surface area contributed by atoms with Gasteiger partial charge in [0.05, 0.1) is 31.2 Å². The van der Waals surface area contributed by atoms with Gasteiger partial charge in [0.15, 0.2) is 0 Å². The van der Waals surface area contributed by atoms with Crippen LogP contribution in [0.1, 0.15) is 17.0 Å². The highest BCUT2D eigenvalue weighted by molar-refractivity contribution is 6.01. The number of amides is 1. The van der Waals surface area contributed by atoms with E-state index in [-0.39, 0.29) is 17.9 Å². The summed E-state index contributed by atoms with van der Waals surface area (Å²) in [5.74, 6) is 1.56. The molecule has 2 aromatic rings. The zero-order valence-electron chi connectivity index (χ0n) is 14.5. The fraction of sp³-hybridized carbons (Fsp3) is 0.300. The predicted molar refractivity (Wildman–Crippen MR) is 95.4 cm³/mol. The second-order valence-corrected chi connectivity index (χ2v) is 6.57. The molecule has 6 heteroatoms. The summed E-state index contributed by atoms with van der Waals surface area (Å²) in [7, 11) is 0. The highest BCUT2D eigenvalue weighted by Crippen LogP contribution is 2.25. The highest BCUT2D eigenvalue weighted by atomic mass is 16.5. The van der Waals surface area contributed by atoms with Crippen LogP contribution in [0.3, 0.4) is 0 Å². The average Bonchev–Trinajstić information content (AvgIpc) is 3.17. The van der Waals surface area contributed by atoms with Gasteiger partial charge >= 0.3 is 0 Å². The molecule has 1 fully saturated rings. The molecular weight excluding hydrogens is 332 g/mol. The van der Waals surface area contributed by atoms with Crippen LogP contribution in [0.5, 0.6) is 5.75 Å². The maximum Gasteiger partial charge on any atom is 0.251 e. The molecule has 1 amide bonds. The molecule has 0 spiro atoms. The number of para-hydroxylation sites is 1. The van der Waals surface area contributed by atoms with Crippen molar-refractivity contribution in [2.24, 2.45) is 5.92 Å². The third-order valence-electron chi connectivity index (χ3n) is 4.59. The summed E-state index contributed by atoms with van der Waals surface area (Å²) in [6.45, 7) is 2.97. The molecule has 4 rings (SSSR count). The number of aromatic nitrogens is 1. The van der Waals surface area contributed by atoms with Crippen LogP contribution in [0.25, 0.3) is 6.08 Å². The van der Waals surface area contributed by atoms with Crippen molar-refractivity contribution in [3.63, 3.8) is 0 Å². The number of nitrogens with zero attached hydrogens (tertiary/aromatic N) is 1. The van der Waals surface area contributed by atoms with Crippen LogP contribution in [-0.4, -0.2) is 30.3 Å². The van der Waals surface area contributed by atoms with Gasteiger partial charge in [-0.1, -0.05) is 23.4 Å². The van der Waals surface area contributed by atoms with Crippen LogP contribution in [0, 0.1) is 12.8 Å². The number of rotatable bonds is 4. The van der Waals surface area contributed by atoms with Crippen LogP contribution in [0.15, 0.2) is 52.8 Å². The van der Waals surface area contributed by atoms with Crippen molar-refractivity contribution in [2.75, 3.05) is 13.2 Å². The summed E-state index contributed by atoms with van der Waals surface area (Å²) < 4.78 is 16.4. The van der Waals surface area contributed by atoms with Crippen LogP contribution in [0.2, 0.25) is 0 Å². The van der Waals surface area contributed by atoms with Gasteiger partial charge in [0, 0.05) is 29.5 Å². The molecule has 1 aromatic heterocycles. The largest absolute Gasteiger partial charge is 0.464 e. The lowest BCUT2D eigenvalue weighted by molar-refractivity contribution is -0.118. The zero-order valence-corrected chi connectivity index (χ0v) is 14.5. The van der Waals surface area contributed by atoms with Crippen molar-refractivity contribution >= 4 is 12.0 Å². The van der Waals surface area contributed by atoms with Gasteiger partial charge in [0.1, 0.15) is 11.5 Å². The summed E-state index contributed by atoms with van der Waals surface area (Å²) in [4.78, 5) is 12.7. The van der Waals surface area contributed by atoms with E-state index in [1.807, 2.05) is 43.3 Å². The second-order valence-electron chi connectivity index (χ2n) is 6.57. The molecule has 26 heavy (non-hydrogen) atoms. The van der Waals surface area contributed by atoms with Crippen molar-refractivity contribution < 1.29 is 18.8 Å². The fourth-order valence-electron chi connectivity index (χ4n) is 3.23. The molecule has 0 unspecified atom stereocenters. The normalized spacial score (nSPS) is 21.5. The number of benzene rings is 1. The quantitative estimate of drug-likeness (QED) is 0.916. The van der Waals surface area contributed by atoms with E-state index < -0.39 is 0 Å². The maximum atomic E-state index is 12.7. The highest BCUT2D eigenvalue weighted by Gasteiger charge is 2.31. The van der Waals surface area contributed by atoms with Crippen molar-refractivity contribution in [2.45, 2.75) is 19.4 Å². The Labute approximate surface area is 151 Å². The third-order valence-corrected chi connectivity index (χ3v) is 4.59. The minimum absolute atomic E-state index is 0.0679. The zero-order chi connectivity index (χ0) is 17.9. The van der Waals surface area contributed by atoms with Crippen LogP contribution < -0.4 is 10.1 Å². The van der Waals surface area contributed by atoms with E-state index in [9.17, 15) is 4.79 Å². The Morgan fingerprint density at radius 1 is 1.31 bits per heavy atom. The molecule has 1 saturated heterocycles. The molecule has 0 saturated carbocycles. The van der Waals surface area contributed by atoms with E-state index in [1.165, 1.54) is 6.26 Å². The Morgan fingerprint density at radius 2 is 2.19 bits per heavy atom.